The monoisotopic (exact) mass is 536 g/mol. The minimum atomic E-state index is -0.377. The zero-order valence-corrected chi connectivity index (χ0v) is 24.8. The summed E-state index contributed by atoms with van der Waals surface area (Å²) in [7, 11) is 1.71. The molecule has 1 aromatic carbocycles. The van der Waals surface area contributed by atoms with Crippen LogP contribution in [-0.2, 0) is 14.3 Å². The maximum absolute atomic E-state index is 11.8. The van der Waals surface area contributed by atoms with Gasteiger partial charge in [-0.3, -0.25) is 4.90 Å². The highest BCUT2D eigenvalue weighted by Crippen LogP contribution is 2.24. The van der Waals surface area contributed by atoms with E-state index in [0.717, 1.165) is 48.3 Å². The van der Waals surface area contributed by atoms with E-state index in [1.165, 1.54) is 57.0 Å². The number of nitrogens with one attached hydrogen (secondary N) is 1. The maximum Gasteiger partial charge on any atom is 0.141 e. The molecule has 2 rings (SSSR count). The lowest BCUT2D eigenvalue weighted by Crippen LogP contribution is -2.49. The summed E-state index contributed by atoms with van der Waals surface area (Å²) in [4.78, 5) is 14.0. The number of hydrogen-bond acceptors (Lipinski definition) is 7. The van der Waals surface area contributed by atoms with Crippen molar-refractivity contribution in [2.45, 2.75) is 84.9 Å². The van der Waals surface area contributed by atoms with Crippen LogP contribution in [0.5, 0.6) is 5.75 Å². The van der Waals surface area contributed by atoms with Crippen molar-refractivity contribution >= 4 is 18.3 Å². The van der Waals surface area contributed by atoms with Crippen LogP contribution in [0.3, 0.4) is 0 Å². The summed E-state index contributed by atoms with van der Waals surface area (Å²) < 4.78 is 17.0. The molecule has 1 fully saturated rings. The van der Waals surface area contributed by atoms with Crippen LogP contribution in [0.4, 0.5) is 0 Å². The topological polar surface area (TPSA) is 60.0 Å². The first-order chi connectivity index (χ1) is 18.0. The van der Waals surface area contributed by atoms with Gasteiger partial charge in [0.1, 0.15) is 18.3 Å². The molecule has 1 aromatic rings. The summed E-state index contributed by atoms with van der Waals surface area (Å²) in [5.74, 6) is 4.16. The number of nitrogens with zero attached hydrogens (tertiary/aromatic N) is 1. The van der Waals surface area contributed by atoms with Crippen molar-refractivity contribution in [2.24, 2.45) is 17.8 Å². The van der Waals surface area contributed by atoms with Crippen molar-refractivity contribution in [3.8, 4) is 5.75 Å². The van der Waals surface area contributed by atoms with Gasteiger partial charge in [-0.2, -0.15) is 0 Å². The fourth-order valence-corrected chi connectivity index (χ4v) is 5.42. The van der Waals surface area contributed by atoms with Crippen LogP contribution in [-0.4, -0.2) is 63.1 Å². The second-order valence-corrected chi connectivity index (χ2v) is 11.6. The first-order valence-corrected chi connectivity index (χ1v) is 15.3. The average molecular weight is 537 g/mol. The van der Waals surface area contributed by atoms with Gasteiger partial charge in [0.2, 0.25) is 0 Å². The molecule has 1 heterocycles. The van der Waals surface area contributed by atoms with Crippen LogP contribution in [0.25, 0.3) is 0 Å². The summed E-state index contributed by atoms with van der Waals surface area (Å²) in [6.45, 7) is 13.1. The molecule has 0 spiro atoms. The fourth-order valence-electron chi connectivity index (χ4n) is 4.71. The highest BCUT2D eigenvalue weighted by Gasteiger charge is 2.22. The lowest BCUT2D eigenvalue weighted by molar-refractivity contribution is -0.110. The Morgan fingerprint density at radius 3 is 2.22 bits per heavy atom. The summed E-state index contributed by atoms with van der Waals surface area (Å²) in [6, 6.07) is 7.44. The van der Waals surface area contributed by atoms with E-state index in [1.807, 2.05) is 24.3 Å². The predicted molar refractivity (Wildman–Crippen MR) is 155 cm³/mol. The molecule has 37 heavy (non-hydrogen) atoms. The Bertz CT molecular complexity index is 714. The number of carbonyl (C=O) groups excluding carboxylic acids is 1. The van der Waals surface area contributed by atoms with Gasteiger partial charge >= 0.3 is 0 Å². The van der Waals surface area contributed by atoms with Crippen molar-refractivity contribution in [1.82, 2.24) is 10.2 Å². The molecule has 0 aliphatic carbocycles. The van der Waals surface area contributed by atoms with E-state index in [2.05, 4.69) is 37.9 Å². The molecule has 0 radical (unpaired) electrons. The normalized spacial score (nSPS) is 18.6. The largest absolute Gasteiger partial charge is 0.426 e. The number of rotatable bonds is 20. The minimum absolute atomic E-state index is 0.0785. The van der Waals surface area contributed by atoms with Gasteiger partial charge in [0.25, 0.3) is 0 Å². The van der Waals surface area contributed by atoms with Crippen LogP contribution in [0.1, 0.15) is 84.2 Å². The van der Waals surface area contributed by atoms with E-state index in [9.17, 15) is 4.79 Å². The highest BCUT2D eigenvalue weighted by molar-refractivity contribution is 7.95. The number of ether oxygens (including phenoxy) is 2. The highest BCUT2D eigenvalue weighted by atomic mass is 32.2. The lowest BCUT2D eigenvalue weighted by Gasteiger charge is -2.34. The molecule has 5 atom stereocenters. The van der Waals surface area contributed by atoms with Crippen LogP contribution in [0.2, 0.25) is 0 Å². The average Bonchev–Trinajstić information content (AvgIpc) is 2.92. The fraction of sp³-hybridized carbons (Fsp3) is 0.767. The van der Waals surface area contributed by atoms with Gasteiger partial charge in [-0.15, -0.1) is 0 Å². The first kappa shape index (κ1) is 32.1. The third-order valence-corrected chi connectivity index (χ3v) is 8.62. The molecular weight excluding hydrogens is 484 g/mol. The second-order valence-electron chi connectivity index (χ2n) is 10.9. The third kappa shape index (κ3) is 13.0. The molecule has 0 aromatic heterocycles. The predicted octanol–water partition coefficient (Wildman–Crippen LogP) is 6.51. The van der Waals surface area contributed by atoms with E-state index in [0.29, 0.717) is 25.7 Å². The number of carbonyl (C=O) groups is 1. The molecule has 0 amide bonds. The molecule has 6 nitrogen and oxygen atoms in total. The van der Waals surface area contributed by atoms with E-state index < -0.39 is 0 Å². The Balaban J connectivity index is 1.64. The number of hydrogen-bond donors (Lipinski definition) is 1. The molecule has 7 heteroatoms. The maximum atomic E-state index is 11.8. The van der Waals surface area contributed by atoms with Gasteiger partial charge in [-0.1, -0.05) is 78.4 Å². The summed E-state index contributed by atoms with van der Waals surface area (Å²) in [5.41, 5.74) is 0.927. The molecule has 0 bridgehead atoms. The van der Waals surface area contributed by atoms with Crippen LogP contribution in [0, 0.1) is 17.8 Å². The Labute approximate surface area is 230 Å². The van der Waals surface area contributed by atoms with E-state index in [4.69, 9.17) is 13.7 Å². The van der Waals surface area contributed by atoms with E-state index in [-0.39, 0.29) is 12.3 Å². The summed E-state index contributed by atoms with van der Waals surface area (Å²) in [5, 5.41) is 3.34. The molecule has 1 N–H and O–H groups in total. The van der Waals surface area contributed by atoms with Crippen LogP contribution >= 0.6 is 12.0 Å². The number of morpholine rings is 1. The number of benzene rings is 1. The van der Waals surface area contributed by atoms with Crippen molar-refractivity contribution in [2.75, 3.05) is 45.7 Å². The van der Waals surface area contributed by atoms with Crippen molar-refractivity contribution in [3.63, 3.8) is 0 Å². The second kappa shape index (κ2) is 19.0. The number of methoxy groups -OCH3 is 1. The van der Waals surface area contributed by atoms with Crippen molar-refractivity contribution < 1.29 is 18.5 Å². The van der Waals surface area contributed by atoms with E-state index >= 15 is 0 Å². The van der Waals surface area contributed by atoms with Crippen molar-refractivity contribution in [1.29, 1.82) is 0 Å². The zero-order chi connectivity index (χ0) is 26.9. The van der Waals surface area contributed by atoms with Crippen LogP contribution < -0.4 is 9.50 Å². The minimum Gasteiger partial charge on any atom is -0.426 e. The van der Waals surface area contributed by atoms with E-state index in [1.54, 1.807) is 7.11 Å². The molecular formula is C30H52N2O4S. The summed E-state index contributed by atoms with van der Waals surface area (Å²) >= 11 is 1.53. The van der Waals surface area contributed by atoms with Crippen LogP contribution in [0.15, 0.2) is 24.3 Å². The Morgan fingerprint density at radius 2 is 1.62 bits per heavy atom. The number of aldehydes is 1. The van der Waals surface area contributed by atoms with Gasteiger partial charge in [0.15, 0.2) is 0 Å². The zero-order valence-electron chi connectivity index (χ0n) is 24.0. The lowest BCUT2D eigenvalue weighted by atomic mass is 9.93. The molecule has 1 aliphatic heterocycles. The van der Waals surface area contributed by atoms with Gasteiger partial charge in [0, 0.05) is 32.5 Å². The third-order valence-electron chi connectivity index (χ3n) is 7.61. The Kier molecular flexibility index (Phi) is 16.5. The molecule has 212 valence electrons. The SMILES string of the molecule is CCC(C)CCCC(C)CCCC(C)CSOc1ccc(C(C=O)NCC(OC)N2CCOCC2)cc1. The van der Waals surface area contributed by atoms with Gasteiger partial charge < -0.3 is 23.8 Å². The first-order valence-electron chi connectivity index (χ1n) is 14.4. The standard InChI is InChI=1S/C30H52N2O4S/c1-6-24(2)9-7-10-25(3)11-8-12-26(4)23-37-36-28-15-13-27(14-16-28)29(22-33)31-21-30(34-5)32-17-19-35-20-18-32/h13-16,22,24-26,29-31H,6-12,17-21,23H2,1-5H3. The Morgan fingerprint density at radius 1 is 1.00 bits per heavy atom. The van der Waals surface area contributed by atoms with Gasteiger partial charge in [-0.25, -0.2) is 0 Å². The molecule has 1 saturated heterocycles. The molecule has 5 unspecified atom stereocenters. The molecule has 1 aliphatic rings. The van der Waals surface area contributed by atoms with Gasteiger partial charge in [-0.05, 0) is 41.9 Å². The molecule has 0 saturated carbocycles. The quantitative estimate of drug-likeness (QED) is 0.151. The smallest absolute Gasteiger partial charge is 0.141 e. The Hall–Kier alpha value is -1.12. The van der Waals surface area contributed by atoms with Gasteiger partial charge in [0.05, 0.1) is 31.3 Å². The van der Waals surface area contributed by atoms with Crippen molar-refractivity contribution in [3.05, 3.63) is 29.8 Å². The summed E-state index contributed by atoms with van der Waals surface area (Å²) in [6.07, 6.45) is 10.2.